The molecular weight excluding hydrogens is 504 g/mol. The fourth-order valence-corrected chi connectivity index (χ4v) is 3.57. The summed E-state index contributed by atoms with van der Waals surface area (Å²) in [7, 11) is -3.64. The third-order valence-corrected chi connectivity index (χ3v) is 5.41. The molecule has 0 saturated heterocycles. The van der Waals surface area contributed by atoms with Crippen LogP contribution in [0.4, 0.5) is 23.2 Å². The molecule has 4 aromatic rings. The largest absolute Gasteiger partial charge is 0.439 e. The van der Waals surface area contributed by atoms with Gasteiger partial charge in [-0.25, -0.2) is 14.4 Å². The second kappa shape index (κ2) is 9.59. The third kappa shape index (κ3) is 5.98. The lowest BCUT2D eigenvalue weighted by molar-refractivity contribution is -0.137. The van der Waals surface area contributed by atoms with E-state index in [9.17, 15) is 26.0 Å². The molecule has 2 heterocycles. The number of benzene rings is 2. The van der Waals surface area contributed by atoms with Crippen molar-refractivity contribution in [2.75, 3.05) is 11.6 Å². The maximum atomic E-state index is 14.1. The predicted molar refractivity (Wildman–Crippen MR) is 124 cm³/mol. The average molecular weight is 522 g/mol. The van der Waals surface area contributed by atoms with Crippen LogP contribution in [0, 0.1) is 5.82 Å². The van der Waals surface area contributed by atoms with Gasteiger partial charge in [-0.15, -0.1) is 0 Å². The number of aromatic nitrogens is 3. The van der Waals surface area contributed by atoms with Crippen LogP contribution in [0.25, 0.3) is 16.7 Å². The first-order valence-corrected chi connectivity index (χ1v) is 12.0. The Labute approximate surface area is 202 Å². The number of hydrogen-bond donors (Lipinski definition) is 1. The predicted octanol–water partition coefficient (Wildman–Crippen LogP) is 5.40. The van der Waals surface area contributed by atoms with Gasteiger partial charge in [0, 0.05) is 17.6 Å². The topological polar surface area (TPSA) is 95.3 Å². The van der Waals surface area contributed by atoms with E-state index < -0.39 is 27.7 Å². The molecule has 0 bridgehead atoms. The molecule has 2 aromatic heterocycles. The molecule has 0 amide bonds. The van der Waals surface area contributed by atoms with E-state index in [1.165, 1.54) is 12.4 Å². The Kier molecular flexibility index (Phi) is 6.69. The molecule has 0 unspecified atom stereocenters. The number of hydrogen-bond acceptors (Lipinski definition) is 7. The van der Waals surface area contributed by atoms with E-state index in [0.717, 1.165) is 12.3 Å². The fraction of sp³-hybridized carbons (Fsp3) is 0.130. The highest BCUT2D eigenvalue weighted by atomic mass is 32.2. The Balaban J connectivity index is 1.52. The Hall–Kier alpha value is -3.97. The van der Waals surface area contributed by atoms with Crippen molar-refractivity contribution in [1.82, 2.24) is 14.5 Å². The van der Waals surface area contributed by atoms with E-state index in [4.69, 9.17) is 8.92 Å². The maximum Gasteiger partial charge on any atom is 0.416 e. The second-order valence-corrected chi connectivity index (χ2v) is 9.23. The van der Waals surface area contributed by atoms with Gasteiger partial charge in [0.1, 0.15) is 30.3 Å². The molecule has 0 atom stereocenters. The Bertz CT molecular complexity index is 1550. The van der Waals surface area contributed by atoms with E-state index in [2.05, 4.69) is 21.9 Å². The van der Waals surface area contributed by atoms with Crippen LogP contribution in [-0.2, 0) is 27.1 Å². The van der Waals surface area contributed by atoms with Gasteiger partial charge in [0.2, 0.25) is 5.88 Å². The van der Waals surface area contributed by atoms with Crippen LogP contribution in [0.2, 0.25) is 0 Å². The molecule has 2 aromatic carbocycles. The summed E-state index contributed by atoms with van der Waals surface area (Å²) in [4.78, 5) is 7.92. The molecule has 0 aliphatic rings. The van der Waals surface area contributed by atoms with Crippen molar-refractivity contribution < 1.29 is 34.9 Å². The van der Waals surface area contributed by atoms with Gasteiger partial charge in [0.05, 0.1) is 28.7 Å². The number of fused-ring (bicyclic) bond motifs is 1. The first-order chi connectivity index (χ1) is 16.9. The van der Waals surface area contributed by atoms with Crippen molar-refractivity contribution in [1.29, 1.82) is 0 Å². The van der Waals surface area contributed by atoms with Gasteiger partial charge >= 0.3 is 6.18 Å². The van der Waals surface area contributed by atoms with Crippen LogP contribution in [-0.4, -0.2) is 29.2 Å². The van der Waals surface area contributed by atoms with E-state index in [1.54, 1.807) is 35.0 Å². The molecule has 8 nitrogen and oxygen atoms in total. The van der Waals surface area contributed by atoms with Crippen LogP contribution < -0.4 is 10.1 Å². The van der Waals surface area contributed by atoms with Crippen LogP contribution >= 0.6 is 0 Å². The number of nitrogens with zero attached hydrogens (tertiary/aromatic N) is 3. The monoisotopic (exact) mass is 522 g/mol. The zero-order valence-electron chi connectivity index (χ0n) is 18.6. The highest BCUT2D eigenvalue weighted by Gasteiger charge is 2.31. The first-order valence-electron chi connectivity index (χ1n) is 10.2. The van der Waals surface area contributed by atoms with Gasteiger partial charge in [-0.2, -0.15) is 21.6 Å². The van der Waals surface area contributed by atoms with Crippen LogP contribution in [0.3, 0.4) is 0 Å². The zero-order valence-corrected chi connectivity index (χ0v) is 19.4. The van der Waals surface area contributed by atoms with Gasteiger partial charge in [-0.3, -0.25) is 4.18 Å². The zero-order chi connectivity index (χ0) is 26.1. The molecule has 0 aliphatic heterocycles. The van der Waals surface area contributed by atoms with Crippen molar-refractivity contribution in [2.24, 2.45) is 0 Å². The molecule has 13 heteroatoms. The lowest BCUT2D eigenvalue weighted by Crippen LogP contribution is -2.09. The summed E-state index contributed by atoms with van der Waals surface area (Å²) in [6, 6.07) is 10.2. The second-order valence-electron chi connectivity index (χ2n) is 7.59. The SMILES string of the molecule is C=C(Nc1cc(C(F)(F)F)ccc1F)n1ccc2cc(Oc3cc(COS(C)(=O)=O)ncn3)ccc21. The average Bonchev–Trinajstić information content (AvgIpc) is 3.21. The molecule has 0 aliphatic carbocycles. The number of halogens is 4. The van der Waals surface area contributed by atoms with E-state index >= 15 is 0 Å². The number of nitrogens with one attached hydrogen (secondary N) is 1. The number of anilines is 1. The normalized spacial score (nSPS) is 12.0. The molecule has 0 fully saturated rings. The van der Waals surface area contributed by atoms with Crippen molar-refractivity contribution >= 4 is 32.5 Å². The maximum absolute atomic E-state index is 14.1. The number of alkyl halides is 3. The smallest absolute Gasteiger partial charge is 0.416 e. The van der Waals surface area contributed by atoms with E-state index in [1.807, 2.05) is 0 Å². The number of rotatable bonds is 8. The van der Waals surface area contributed by atoms with Crippen LogP contribution in [0.5, 0.6) is 11.6 Å². The quantitative estimate of drug-likeness (QED) is 0.245. The minimum atomic E-state index is -4.62. The Morgan fingerprint density at radius 1 is 1.11 bits per heavy atom. The lowest BCUT2D eigenvalue weighted by atomic mass is 10.2. The van der Waals surface area contributed by atoms with Gasteiger partial charge < -0.3 is 14.6 Å². The minimum absolute atomic E-state index is 0.128. The highest BCUT2D eigenvalue weighted by molar-refractivity contribution is 7.85. The third-order valence-electron chi connectivity index (χ3n) is 4.87. The number of ether oxygens (including phenoxy) is 1. The van der Waals surface area contributed by atoms with Crippen LogP contribution in [0.1, 0.15) is 11.3 Å². The molecule has 0 radical (unpaired) electrons. The van der Waals surface area contributed by atoms with Crippen molar-refractivity contribution in [3.8, 4) is 11.6 Å². The molecule has 36 heavy (non-hydrogen) atoms. The van der Waals surface area contributed by atoms with Gasteiger partial charge in [0.15, 0.2) is 0 Å². The fourth-order valence-electron chi connectivity index (χ4n) is 3.23. The highest BCUT2D eigenvalue weighted by Crippen LogP contribution is 2.33. The van der Waals surface area contributed by atoms with Crippen molar-refractivity contribution in [3.63, 3.8) is 0 Å². The molecular formula is C23H18F4N4O4S. The summed E-state index contributed by atoms with van der Waals surface area (Å²) < 4.78 is 87.4. The summed E-state index contributed by atoms with van der Waals surface area (Å²) >= 11 is 0. The summed E-state index contributed by atoms with van der Waals surface area (Å²) in [6.45, 7) is 3.53. The standard InChI is InChI=1S/C23H18F4N4O4S/c1-14(30-20-10-16(23(25,26)27)3-5-19(20)24)31-8-7-15-9-18(4-6-21(15)31)35-22-11-17(28-13-29-22)12-34-36(2,32)33/h3-11,13,30H,1,12H2,2H3. The van der Waals surface area contributed by atoms with E-state index in [-0.39, 0.29) is 24.0 Å². The molecule has 188 valence electrons. The van der Waals surface area contributed by atoms with Crippen molar-refractivity contribution in [2.45, 2.75) is 12.8 Å². The molecule has 4 rings (SSSR count). The summed E-state index contributed by atoms with van der Waals surface area (Å²) in [5.41, 5.74) is -0.441. The van der Waals surface area contributed by atoms with Crippen molar-refractivity contribution in [3.05, 3.63) is 84.7 Å². The minimum Gasteiger partial charge on any atom is -0.439 e. The van der Waals surface area contributed by atoms with Gasteiger partial charge in [0.25, 0.3) is 10.1 Å². The lowest BCUT2D eigenvalue weighted by Gasteiger charge is -2.15. The first kappa shape index (κ1) is 25.1. The molecule has 0 saturated carbocycles. The van der Waals surface area contributed by atoms with Gasteiger partial charge in [-0.05, 0) is 42.5 Å². The Morgan fingerprint density at radius 2 is 1.89 bits per heavy atom. The summed E-state index contributed by atoms with van der Waals surface area (Å²) in [6.07, 6.45) is -0.880. The van der Waals surface area contributed by atoms with E-state index in [0.29, 0.717) is 34.5 Å². The van der Waals surface area contributed by atoms with Crippen LogP contribution in [0.15, 0.2) is 67.6 Å². The summed E-state index contributed by atoms with van der Waals surface area (Å²) in [5, 5.41) is 3.28. The molecule has 1 N–H and O–H groups in total. The Morgan fingerprint density at radius 3 is 2.61 bits per heavy atom. The molecule has 0 spiro atoms. The summed E-state index contributed by atoms with van der Waals surface area (Å²) in [5.74, 6) is -0.177. The van der Waals surface area contributed by atoms with Gasteiger partial charge in [-0.1, -0.05) is 6.58 Å².